The molecule has 0 radical (unpaired) electrons. The van der Waals surface area contributed by atoms with Gasteiger partial charge in [-0.2, -0.15) is 8.75 Å². The lowest BCUT2D eigenvalue weighted by molar-refractivity contribution is -0.120. The molecule has 0 spiro atoms. The maximum absolute atomic E-state index is 12.3. The van der Waals surface area contributed by atoms with Gasteiger partial charge in [-0.25, -0.2) is 0 Å². The molecular weight excluding hydrogens is 319 g/mol. The fourth-order valence-electron chi connectivity index (χ4n) is 2.52. The van der Waals surface area contributed by atoms with Crippen molar-refractivity contribution in [1.82, 2.24) is 8.75 Å². The fourth-order valence-corrected chi connectivity index (χ4v) is 3.68. The van der Waals surface area contributed by atoms with Crippen LogP contribution in [0.4, 0.5) is 5.69 Å². The van der Waals surface area contributed by atoms with Gasteiger partial charge in [0.1, 0.15) is 11.0 Å². The highest BCUT2D eigenvalue weighted by atomic mass is 35.5. The van der Waals surface area contributed by atoms with Gasteiger partial charge in [-0.1, -0.05) is 29.6 Å². The number of fused-ring (bicyclic) bond motifs is 1. The van der Waals surface area contributed by atoms with E-state index in [1.54, 1.807) is 6.07 Å². The van der Waals surface area contributed by atoms with Gasteiger partial charge in [0.2, 0.25) is 5.91 Å². The summed E-state index contributed by atoms with van der Waals surface area (Å²) in [5, 5.41) is 3.62. The van der Waals surface area contributed by atoms with Gasteiger partial charge >= 0.3 is 0 Å². The van der Waals surface area contributed by atoms with Gasteiger partial charge in [0, 0.05) is 6.04 Å². The van der Waals surface area contributed by atoms with Crippen molar-refractivity contribution < 1.29 is 4.79 Å². The summed E-state index contributed by atoms with van der Waals surface area (Å²) in [5.41, 5.74) is 7.48. The quantitative estimate of drug-likeness (QED) is 0.886. The average Bonchev–Trinajstić information content (AvgIpc) is 3.02. The second-order valence-electron chi connectivity index (χ2n) is 4.87. The Balaban J connectivity index is 1.94. The topological polar surface area (TPSA) is 80.9 Å². The third-order valence-corrected chi connectivity index (χ3v) is 4.71. The number of nitrogens with two attached hydrogens (primary N) is 1. The minimum Gasteiger partial charge on any atom is -0.327 e. The number of aromatic nitrogens is 2. The Bertz CT molecular complexity index is 675. The molecule has 8 heteroatoms. The van der Waals surface area contributed by atoms with E-state index in [1.807, 2.05) is 0 Å². The second kappa shape index (κ2) is 5.44. The largest absolute Gasteiger partial charge is 0.327 e. The molecule has 106 valence electrons. The Labute approximate surface area is 129 Å². The number of rotatable bonds is 2. The first-order valence-corrected chi connectivity index (χ1v) is 7.73. The van der Waals surface area contributed by atoms with E-state index in [-0.39, 0.29) is 17.9 Å². The number of nitrogens with one attached hydrogen (secondary N) is 1. The third-order valence-electron chi connectivity index (χ3n) is 3.60. The maximum atomic E-state index is 12.3. The molecule has 1 fully saturated rings. The average molecular weight is 331 g/mol. The highest BCUT2D eigenvalue weighted by Gasteiger charge is 2.31. The van der Waals surface area contributed by atoms with Crippen LogP contribution in [0, 0.1) is 5.92 Å². The summed E-state index contributed by atoms with van der Waals surface area (Å²) in [5.74, 6) is -0.295. The zero-order valence-corrected chi connectivity index (χ0v) is 12.7. The van der Waals surface area contributed by atoms with Crippen LogP contribution in [-0.4, -0.2) is 20.7 Å². The summed E-state index contributed by atoms with van der Waals surface area (Å²) >= 11 is 13.2. The first kappa shape index (κ1) is 14.0. The smallest absolute Gasteiger partial charge is 0.229 e. The molecule has 3 rings (SSSR count). The molecule has 1 saturated carbocycles. The van der Waals surface area contributed by atoms with E-state index in [0.29, 0.717) is 26.8 Å². The van der Waals surface area contributed by atoms with Gasteiger partial charge in [-0.05, 0) is 18.9 Å². The number of carbonyl (C=O) groups excluding carboxylic acids is 1. The molecule has 0 aliphatic heterocycles. The Hall–Kier alpha value is -0.950. The third kappa shape index (κ3) is 2.37. The molecular formula is C12H12Cl2N4OS. The van der Waals surface area contributed by atoms with Crippen molar-refractivity contribution in [3.63, 3.8) is 0 Å². The lowest BCUT2D eigenvalue weighted by Crippen LogP contribution is -2.34. The van der Waals surface area contributed by atoms with Gasteiger partial charge in [0.05, 0.1) is 33.4 Å². The molecule has 3 N–H and O–H groups in total. The van der Waals surface area contributed by atoms with Crippen molar-refractivity contribution in [2.45, 2.75) is 25.3 Å². The molecule has 1 aromatic heterocycles. The zero-order chi connectivity index (χ0) is 14.3. The van der Waals surface area contributed by atoms with E-state index in [2.05, 4.69) is 14.1 Å². The minimum atomic E-state index is -0.177. The molecule has 0 bridgehead atoms. The van der Waals surface area contributed by atoms with Crippen LogP contribution >= 0.6 is 34.9 Å². The lowest BCUT2D eigenvalue weighted by Gasteiger charge is -2.16. The predicted octanol–water partition coefficient (Wildman–Crippen LogP) is 3.06. The molecule has 1 heterocycles. The van der Waals surface area contributed by atoms with E-state index in [0.717, 1.165) is 31.0 Å². The molecule has 1 aliphatic rings. The predicted molar refractivity (Wildman–Crippen MR) is 81.4 cm³/mol. The first-order valence-electron chi connectivity index (χ1n) is 6.24. The van der Waals surface area contributed by atoms with Crippen LogP contribution in [0.1, 0.15) is 19.3 Å². The Morgan fingerprint density at radius 1 is 1.30 bits per heavy atom. The highest BCUT2D eigenvalue weighted by Crippen LogP contribution is 2.36. The number of amides is 1. The van der Waals surface area contributed by atoms with Crippen LogP contribution in [-0.2, 0) is 4.79 Å². The van der Waals surface area contributed by atoms with Crippen molar-refractivity contribution in [2.24, 2.45) is 11.7 Å². The SMILES string of the molecule is NC1CCCC1C(=O)Nc1c(Cl)cc(Cl)c2nsnc12. The monoisotopic (exact) mass is 330 g/mol. The van der Waals surface area contributed by atoms with E-state index in [9.17, 15) is 4.79 Å². The van der Waals surface area contributed by atoms with Crippen molar-refractivity contribution in [1.29, 1.82) is 0 Å². The molecule has 1 aliphatic carbocycles. The Kier molecular flexibility index (Phi) is 3.81. The van der Waals surface area contributed by atoms with Crippen molar-refractivity contribution in [3.05, 3.63) is 16.1 Å². The molecule has 2 atom stereocenters. The van der Waals surface area contributed by atoms with Crippen molar-refractivity contribution in [2.75, 3.05) is 5.32 Å². The molecule has 1 amide bonds. The van der Waals surface area contributed by atoms with Crippen molar-refractivity contribution >= 4 is 57.6 Å². The van der Waals surface area contributed by atoms with Gasteiger partial charge in [-0.15, -0.1) is 0 Å². The first-order chi connectivity index (χ1) is 9.58. The van der Waals surface area contributed by atoms with Crippen LogP contribution in [0.3, 0.4) is 0 Å². The lowest BCUT2D eigenvalue weighted by atomic mass is 10.0. The summed E-state index contributed by atoms with van der Waals surface area (Å²) in [6, 6.07) is 1.47. The van der Waals surface area contributed by atoms with E-state index >= 15 is 0 Å². The molecule has 2 unspecified atom stereocenters. The number of anilines is 1. The summed E-state index contributed by atoms with van der Waals surface area (Å²) in [4.78, 5) is 12.3. The number of hydrogen-bond acceptors (Lipinski definition) is 5. The molecule has 2 aromatic rings. The summed E-state index contributed by atoms with van der Waals surface area (Å²) in [7, 11) is 0. The van der Waals surface area contributed by atoms with Crippen LogP contribution in [0.25, 0.3) is 11.0 Å². The van der Waals surface area contributed by atoms with E-state index in [1.165, 1.54) is 0 Å². The molecule has 0 saturated heterocycles. The second-order valence-corrected chi connectivity index (χ2v) is 6.21. The summed E-state index contributed by atoms with van der Waals surface area (Å²) in [6.45, 7) is 0. The van der Waals surface area contributed by atoms with E-state index < -0.39 is 0 Å². The van der Waals surface area contributed by atoms with Gasteiger partial charge < -0.3 is 11.1 Å². The number of hydrogen-bond donors (Lipinski definition) is 2. The van der Waals surface area contributed by atoms with Crippen LogP contribution in [0.15, 0.2) is 6.07 Å². The highest BCUT2D eigenvalue weighted by molar-refractivity contribution is 7.00. The van der Waals surface area contributed by atoms with Gasteiger partial charge in [-0.3, -0.25) is 4.79 Å². The fraction of sp³-hybridized carbons (Fsp3) is 0.417. The maximum Gasteiger partial charge on any atom is 0.229 e. The Morgan fingerprint density at radius 2 is 2.05 bits per heavy atom. The molecule has 1 aromatic carbocycles. The number of carbonyl (C=O) groups is 1. The summed E-state index contributed by atoms with van der Waals surface area (Å²) < 4.78 is 8.26. The number of nitrogens with zero attached hydrogens (tertiary/aromatic N) is 2. The minimum absolute atomic E-state index is 0.0925. The van der Waals surface area contributed by atoms with Crippen molar-refractivity contribution in [3.8, 4) is 0 Å². The van der Waals surface area contributed by atoms with Gasteiger partial charge in [0.25, 0.3) is 0 Å². The standard InChI is InChI=1S/C12H12Cl2N4OS/c13-6-4-7(14)10-11(18-20-17-10)9(6)16-12(19)5-2-1-3-8(5)15/h4-5,8H,1-3,15H2,(H,16,19). The van der Waals surface area contributed by atoms with Crippen LogP contribution in [0.5, 0.6) is 0 Å². The number of benzene rings is 1. The van der Waals surface area contributed by atoms with Gasteiger partial charge in [0.15, 0.2) is 0 Å². The van der Waals surface area contributed by atoms with E-state index in [4.69, 9.17) is 28.9 Å². The van der Waals surface area contributed by atoms with Crippen LogP contribution < -0.4 is 11.1 Å². The molecule has 5 nitrogen and oxygen atoms in total. The normalized spacial score (nSPS) is 22.4. The Morgan fingerprint density at radius 3 is 2.75 bits per heavy atom. The summed E-state index contributed by atoms with van der Waals surface area (Å²) in [6.07, 6.45) is 2.65. The zero-order valence-electron chi connectivity index (χ0n) is 10.4. The van der Waals surface area contributed by atoms with Crippen LogP contribution in [0.2, 0.25) is 10.0 Å². The number of halogens is 2. The molecule has 20 heavy (non-hydrogen) atoms.